The lowest BCUT2D eigenvalue weighted by molar-refractivity contribution is 0.0690. The summed E-state index contributed by atoms with van der Waals surface area (Å²) in [6.07, 6.45) is 3.23. The summed E-state index contributed by atoms with van der Waals surface area (Å²) in [5, 5.41) is 13.0. The van der Waals surface area contributed by atoms with Crippen LogP contribution in [0.2, 0.25) is 0 Å². The van der Waals surface area contributed by atoms with Crippen molar-refractivity contribution in [1.29, 1.82) is 0 Å². The molecule has 0 aliphatic carbocycles. The van der Waals surface area contributed by atoms with Gasteiger partial charge in [0.1, 0.15) is 5.69 Å². The molecule has 20 heavy (non-hydrogen) atoms. The number of hydrogen-bond donors (Lipinski definition) is 2. The predicted molar refractivity (Wildman–Crippen MR) is 76.2 cm³/mol. The van der Waals surface area contributed by atoms with Crippen LogP contribution in [0.4, 0.5) is 11.4 Å². The first-order valence-electron chi connectivity index (χ1n) is 6.04. The Morgan fingerprint density at radius 3 is 2.65 bits per heavy atom. The summed E-state index contributed by atoms with van der Waals surface area (Å²) in [6.45, 7) is 0. The van der Waals surface area contributed by atoms with Crippen molar-refractivity contribution in [2.45, 2.75) is 0 Å². The normalized spacial score (nSPS) is 10.4. The van der Waals surface area contributed by atoms with Gasteiger partial charge in [-0.15, -0.1) is 0 Å². The maximum Gasteiger partial charge on any atom is 0.354 e. The Hall–Kier alpha value is -2.95. The molecular weight excluding hydrogens is 254 g/mol. The van der Waals surface area contributed by atoms with Gasteiger partial charge in [0.15, 0.2) is 0 Å². The zero-order valence-electron chi connectivity index (χ0n) is 10.4. The van der Waals surface area contributed by atoms with Crippen molar-refractivity contribution < 1.29 is 9.90 Å². The number of carboxylic acids is 1. The summed E-state index contributed by atoms with van der Waals surface area (Å²) in [5.41, 5.74) is 2.45. The van der Waals surface area contributed by atoms with Gasteiger partial charge < -0.3 is 10.4 Å². The third kappa shape index (κ3) is 2.29. The number of aromatic carboxylic acids is 1. The summed E-state index contributed by atoms with van der Waals surface area (Å²) in [5.74, 6) is -1.04. The van der Waals surface area contributed by atoms with Crippen molar-refractivity contribution in [3.05, 3.63) is 60.6 Å². The number of nitrogens with one attached hydrogen (secondary N) is 1. The number of benzene rings is 1. The second-order valence-corrected chi connectivity index (χ2v) is 4.24. The Bertz CT molecular complexity index is 764. The number of aromatic nitrogens is 2. The molecule has 0 fully saturated rings. The van der Waals surface area contributed by atoms with E-state index in [0.29, 0.717) is 5.69 Å². The van der Waals surface area contributed by atoms with Crippen LogP contribution in [0.15, 0.2) is 54.9 Å². The van der Waals surface area contributed by atoms with E-state index in [1.807, 2.05) is 30.3 Å². The lowest BCUT2D eigenvalue weighted by Crippen LogP contribution is -2.00. The number of anilines is 2. The average Bonchev–Trinajstić information content (AvgIpc) is 2.48. The van der Waals surface area contributed by atoms with Gasteiger partial charge in [-0.1, -0.05) is 18.2 Å². The van der Waals surface area contributed by atoms with E-state index < -0.39 is 5.97 Å². The van der Waals surface area contributed by atoms with E-state index in [0.717, 1.165) is 16.6 Å². The Morgan fingerprint density at radius 1 is 1.05 bits per heavy atom. The highest BCUT2D eigenvalue weighted by molar-refractivity contribution is 5.92. The minimum absolute atomic E-state index is 0.0200. The quantitative estimate of drug-likeness (QED) is 0.761. The number of rotatable bonds is 3. The number of hydrogen-bond acceptors (Lipinski definition) is 4. The summed E-state index contributed by atoms with van der Waals surface area (Å²) in [6, 6.07) is 12.8. The zero-order valence-corrected chi connectivity index (χ0v) is 10.4. The van der Waals surface area contributed by atoms with Crippen LogP contribution in [0.1, 0.15) is 10.5 Å². The SMILES string of the molecule is O=C(O)c1ccc(Nc2cccc3cccnc23)cn1. The zero-order chi connectivity index (χ0) is 13.9. The highest BCUT2D eigenvalue weighted by Gasteiger charge is 2.05. The molecule has 0 saturated heterocycles. The second-order valence-electron chi connectivity index (χ2n) is 4.24. The van der Waals surface area contributed by atoms with Crippen LogP contribution in [0.3, 0.4) is 0 Å². The van der Waals surface area contributed by atoms with Crippen molar-refractivity contribution in [2.75, 3.05) is 5.32 Å². The van der Waals surface area contributed by atoms with Gasteiger partial charge in [0.05, 0.1) is 23.1 Å². The van der Waals surface area contributed by atoms with Gasteiger partial charge in [0.2, 0.25) is 0 Å². The third-order valence-corrected chi connectivity index (χ3v) is 2.89. The van der Waals surface area contributed by atoms with Gasteiger partial charge in [-0.2, -0.15) is 0 Å². The molecule has 98 valence electrons. The predicted octanol–water partition coefficient (Wildman–Crippen LogP) is 3.07. The minimum atomic E-state index is -1.04. The number of fused-ring (bicyclic) bond motifs is 1. The Morgan fingerprint density at radius 2 is 1.90 bits per heavy atom. The van der Waals surface area contributed by atoms with E-state index in [1.165, 1.54) is 12.3 Å². The fraction of sp³-hybridized carbons (Fsp3) is 0. The van der Waals surface area contributed by atoms with Gasteiger partial charge in [-0.05, 0) is 24.3 Å². The molecule has 0 atom stereocenters. The van der Waals surface area contributed by atoms with Gasteiger partial charge in [-0.3, -0.25) is 4.98 Å². The lowest BCUT2D eigenvalue weighted by atomic mass is 10.2. The highest BCUT2D eigenvalue weighted by Crippen LogP contribution is 2.24. The summed E-state index contributed by atoms with van der Waals surface area (Å²) >= 11 is 0. The van der Waals surface area contributed by atoms with E-state index in [9.17, 15) is 4.79 Å². The van der Waals surface area contributed by atoms with Crippen LogP contribution >= 0.6 is 0 Å². The van der Waals surface area contributed by atoms with Gasteiger partial charge >= 0.3 is 5.97 Å². The number of para-hydroxylation sites is 1. The van der Waals surface area contributed by atoms with Gasteiger partial charge in [0, 0.05) is 11.6 Å². The standard InChI is InChI=1S/C15H11N3O2/c19-15(20)13-7-6-11(9-17-13)18-12-5-1-3-10-4-2-8-16-14(10)12/h1-9,18H,(H,19,20). The van der Waals surface area contributed by atoms with Gasteiger partial charge in [-0.25, -0.2) is 9.78 Å². The van der Waals surface area contributed by atoms with E-state index in [1.54, 1.807) is 12.3 Å². The van der Waals surface area contributed by atoms with Gasteiger partial charge in [0.25, 0.3) is 0 Å². The Balaban J connectivity index is 1.95. The van der Waals surface area contributed by atoms with Crippen LogP contribution in [0.25, 0.3) is 10.9 Å². The largest absolute Gasteiger partial charge is 0.477 e. The molecule has 0 aliphatic rings. The first-order valence-corrected chi connectivity index (χ1v) is 6.04. The Labute approximate surface area is 114 Å². The van der Waals surface area contributed by atoms with E-state index in [2.05, 4.69) is 15.3 Å². The topological polar surface area (TPSA) is 75.1 Å². The van der Waals surface area contributed by atoms with E-state index >= 15 is 0 Å². The molecular formula is C15H11N3O2. The third-order valence-electron chi connectivity index (χ3n) is 2.89. The first kappa shape index (κ1) is 12.1. The average molecular weight is 265 g/mol. The molecule has 0 radical (unpaired) electrons. The molecule has 0 amide bonds. The molecule has 1 aromatic carbocycles. The maximum atomic E-state index is 10.8. The van der Waals surface area contributed by atoms with Crippen molar-refractivity contribution in [3.63, 3.8) is 0 Å². The monoisotopic (exact) mass is 265 g/mol. The van der Waals surface area contributed by atoms with E-state index in [-0.39, 0.29) is 5.69 Å². The molecule has 2 aromatic heterocycles. The Kier molecular flexibility index (Phi) is 3.01. The molecule has 0 unspecified atom stereocenters. The van der Waals surface area contributed by atoms with Crippen LogP contribution in [0, 0.1) is 0 Å². The maximum absolute atomic E-state index is 10.8. The molecule has 0 saturated carbocycles. The van der Waals surface area contributed by atoms with Crippen LogP contribution < -0.4 is 5.32 Å². The van der Waals surface area contributed by atoms with Crippen molar-refractivity contribution >= 4 is 28.2 Å². The minimum Gasteiger partial charge on any atom is -0.477 e. The number of nitrogens with zero attached hydrogens (tertiary/aromatic N) is 2. The summed E-state index contributed by atoms with van der Waals surface area (Å²) in [4.78, 5) is 19.0. The molecule has 3 aromatic rings. The number of pyridine rings is 2. The highest BCUT2D eigenvalue weighted by atomic mass is 16.4. The molecule has 5 heteroatoms. The number of carbonyl (C=O) groups is 1. The van der Waals surface area contributed by atoms with Crippen molar-refractivity contribution in [1.82, 2.24) is 9.97 Å². The molecule has 3 rings (SSSR count). The molecule has 5 nitrogen and oxygen atoms in total. The first-order chi connectivity index (χ1) is 9.74. The summed E-state index contributed by atoms with van der Waals surface area (Å²) in [7, 11) is 0. The smallest absolute Gasteiger partial charge is 0.354 e. The van der Waals surface area contributed by atoms with Crippen LogP contribution in [-0.2, 0) is 0 Å². The fourth-order valence-electron chi connectivity index (χ4n) is 1.95. The van der Waals surface area contributed by atoms with Crippen LogP contribution in [-0.4, -0.2) is 21.0 Å². The van der Waals surface area contributed by atoms with E-state index in [4.69, 9.17) is 5.11 Å². The molecule has 2 heterocycles. The second kappa shape index (κ2) is 4.97. The fourth-order valence-corrected chi connectivity index (χ4v) is 1.95. The van der Waals surface area contributed by atoms with Crippen LogP contribution in [0.5, 0.6) is 0 Å². The molecule has 2 N–H and O–H groups in total. The molecule has 0 spiro atoms. The molecule has 0 bridgehead atoms. The molecule has 0 aliphatic heterocycles. The summed E-state index contributed by atoms with van der Waals surface area (Å²) < 4.78 is 0. The lowest BCUT2D eigenvalue weighted by Gasteiger charge is -2.08. The van der Waals surface area contributed by atoms with Crippen molar-refractivity contribution in [2.24, 2.45) is 0 Å². The number of carboxylic acid groups (broad SMARTS) is 1. The van der Waals surface area contributed by atoms with Crippen molar-refractivity contribution in [3.8, 4) is 0 Å².